The van der Waals surface area contributed by atoms with Gasteiger partial charge in [-0.15, -0.1) is 0 Å². The zero-order chi connectivity index (χ0) is 10.1. The number of fused-ring (bicyclic) bond motifs is 1. The largest absolute Gasteiger partial charge is 0.378 e. The van der Waals surface area contributed by atoms with Crippen molar-refractivity contribution in [1.82, 2.24) is 5.32 Å². The maximum absolute atomic E-state index is 5.81. The van der Waals surface area contributed by atoms with E-state index in [9.17, 15) is 0 Å². The van der Waals surface area contributed by atoms with Gasteiger partial charge in [0.1, 0.15) is 0 Å². The molecule has 0 spiro atoms. The first-order valence-corrected chi connectivity index (χ1v) is 6.81. The minimum Gasteiger partial charge on any atom is -0.378 e. The van der Waals surface area contributed by atoms with Crippen LogP contribution in [0.5, 0.6) is 0 Å². The van der Waals surface area contributed by atoms with E-state index in [1.807, 2.05) is 0 Å². The van der Waals surface area contributed by atoms with Gasteiger partial charge < -0.3 is 10.1 Å². The summed E-state index contributed by atoms with van der Waals surface area (Å²) in [6, 6.07) is 1.60. The first kappa shape index (κ1) is 10.1. The van der Waals surface area contributed by atoms with Crippen LogP contribution in [0.3, 0.4) is 0 Å². The molecule has 2 aliphatic carbocycles. The van der Waals surface area contributed by atoms with Gasteiger partial charge in [0.15, 0.2) is 0 Å². The first-order valence-electron chi connectivity index (χ1n) is 6.81. The minimum absolute atomic E-state index is 0.595. The Bertz CT molecular complexity index is 213. The first-order chi connectivity index (χ1) is 7.43. The highest BCUT2D eigenvalue weighted by Gasteiger charge is 2.38. The van der Waals surface area contributed by atoms with Crippen LogP contribution in [-0.2, 0) is 4.74 Å². The Balaban J connectivity index is 1.59. The molecule has 2 saturated carbocycles. The molecule has 3 fully saturated rings. The van der Waals surface area contributed by atoms with Crippen molar-refractivity contribution in [3.05, 3.63) is 0 Å². The van der Waals surface area contributed by atoms with Gasteiger partial charge in [0.05, 0.1) is 6.10 Å². The summed E-state index contributed by atoms with van der Waals surface area (Å²) < 4.78 is 5.81. The van der Waals surface area contributed by atoms with Crippen LogP contribution in [0, 0.1) is 5.92 Å². The molecular weight excluding hydrogens is 186 g/mol. The van der Waals surface area contributed by atoms with Gasteiger partial charge in [-0.05, 0) is 38.5 Å². The molecule has 0 radical (unpaired) electrons. The maximum atomic E-state index is 5.81. The lowest BCUT2D eigenvalue weighted by Crippen LogP contribution is -2.46. The molecule has 86 valence electrons. The van der Waals surface area contributed by atoms with Gasteiger partial charge in [-0.3, -0.25) is 0 Å². The van der Waals surface area contributed by atoms with E-state index in [1.165, 1.54) is 51.4 Å². The molecule has 15 heavy (non-hydrogen) atoms. The second-order valence-corrected chi connectivity index (χ2v) is 5.55. The van der Waals surface area contributed by atoms with E-state index >= 15 is 0 Å². The Labute approximate surface area is 92.8 Å². The summed E-state index contributed by atoms with van der Waals surface area (Å²) in [5, 5.41) is 3.91. The third kappa shape index (κ3) is 2.07. The smallest absolute Gasteiger partial charge is 0.0619 e. The second-order valence-electron chi connectivity index (χ2n) is 5.55. The minimum atomic E-state index is 0.595. The lowest BCUT2D eigenvalue weighted by Gasteiger charge is -2.35. The van der Waals surface area contributed by atoms with E-state index in [0.717, 1.165) is 24.6 Å². The van der Waals surface area contributed by atoms with E-state index in [-0.39, 0.29) is 0 Å². The van der Waals surface area contributed by atoms with E-state index < -0.39 is 0 Å². The maximum Gasteiger partial charge on any atom is 0.0619 e. The van der Waals surface area contributed by atoms with Crippen LogP contribution in [0.25, 0.3) is 0 Å². The van der Waals surface area contributed by atoms with Crippen molar-refractivity contribution in [1.29, 1.82) is 0 Å². The molecule has 0 aromatic carbocycles. The predicted molar refractivity (Wildman–Crippen MR) is 60.9 cm³/mol. The monoisotopic (exact) mass is 209 g/mol. The van der Waals surface area contributed by atoms with Gasteiger partial charge in [0, 0.05) is 24.6 Å². The van der Waals surface area contributed by atoms with Gasteiger partial charge >= 0.3 is 0 Å². The molecule has 1 aliphatic heterocycles. The summed E-state index contributed by atoms with van der Waals surface area (Å²) in [5.41, 5.74) is 0. The fourth-order valence-corrected chi connectivity index (χ4v) is 3.78. The Morgan fingerprint density at radius 1 is 0.867 bits per heavy atom. The summed E-state index contributed by atoms with van der Waals surface area (Å²) in [6.07, 6.45) is 11.7. The van der Waals surface area contributed by atoms with Crippen LogP contribution in [0.15, 0.2) is 0 Å². The standard InChI is InChI=1S/C13H23NO/c1-2-5-10(4-1)14-12-6-3-7-13-11(12)8-9-15-13/h10-14H,1-9H2. The third-order valence-corrected chi connectivity index (χ3v) is 4.59. The second kappa shape index (κ2) is 4.42. The number of ether oxygens (including phenoxy) is 1. The molecule has 0 aromatic heterocycles. The van der Waals surface area contributed by atoms with Crippen LogP contribution in [0.1, 0.15) is 51.4 Å². The van der Waals surface area contributed by atoms with Crippen molar-refractivity contribution in [2.24, 2.45) is 5.92 Å². The predicted octanol–water partition coefficient (Wildman–Crippen LogP) is 2.48. The highest BCUT2D eigenvalue weighted by atomic mass is 16.5. The van der Waals surface area contributed by atoms with Gasteiger partial charge in [-0.25, -0.2) is 0 Å². The van der Waals surface area contributed by atoms with Crippen molar-refractivity contribution in [2.45, 2.75) is 69.6 Å². The molecule has 1 heterocycles. The fraction of sp³-hybridized carbons (Fsp3) is 1.00. The molecule has 1 N–H and O–H groups in total. The molecule has 3 atom stereocenters. The summed E-state index contributed by atoms with van der Waals surface area (Å²) >= 11 is 0. The zero-order valence-electron chi connectivity index (χ0n) is 9.58. The quantitative estimate of drug-likeness (QED) is 0.754. The topological polar surface area (TPSA) is 21.3 Å². The molecule has 0 aromatic rings. The van der Waals surface area contributed by atoms with Crippen LogP contribution in [0.4, 0.5) is 0 Å². The van der Waals surface area contributed by atoms with E-state index in [2.05, 4.69) is 5.32 Å². The molecule has 2 nitrogen and oxygen atoms in total. The molecule has 3 unspecified atom stereocenters. The molecule has 3 aliphatic rings. The molecule has 3 rings (SSSR count). The highest BCUT2D eigenvalue weighted by molar-refractivity contribution is 4.92. The van der Waals surface area contributed by atoms with E-state index in [4.69, 9.17) is 4.74 Å². The highest BCUT2D eigenvalue weighted by Crippen LogP contribution is 2.35. The Kier molecular flexibility index (Phi) is 2.98. The van der Waals surface area contributed by atoms with Gasteiger partial charge in [0.2, 0.25) is 0 Å². The van der Waals surface area contributed by atoms with Crippen molar-refractivity contribution >= 4 is 0 Å². The van der Waals surface area contributed by atoms with Gasteiger partial charge in [-0.1, -0.05) is 12.8 Å². The van der Waals surface area contributed by atoms with Crippen molar-refractivity contribution in [3.63, 3.8) is 0 Å². The van der Waals surface area contributed by atoms with Crippen LogP contribution < -0.4 is 5.32 Å². The number of hydrogen-bond acceptors (Lipinski definition) is 2. The van der Waals surface area contributed by atoms with Crippen LogP contribution in [-0.4, -0.2) is 24.8 Å². The molecule has 1 saturated heterocycles. The summed E-state index contributed by atoms with van der Waals surface area (Å²) in [5.74, 6) is 0.833. The van der Waals surface area contributed by atoms with Crippen molar-refractivity contribution < 1.29 is 4.74 Å². The number of nitrogens with one attached hydrogen (secondary N) is 1. The lowest BCUT2D eigenvalue weighted by molar-refractivity contribution is 0.0512. The average molecular weight is 209 g/mol. The number of hydrogen-bond donors (Lipinski definition) is 1. The Morgan fingerprint density at radius 2 is 1.73 bits per heavy atom. The molecular formula is C13H23NO. The number of rotatable bonds is 2. The summed E-state index contributed by atoms with van der Waals surface area (Å²) in [7, 11) is 0. The van der Waals surface area contributed by atoms with E-state index in [1.54, 1.807) is 0 Å². The Hall–Kier alpha value is -0.0800. The molecule has 2 heteroatoms. The lowest BCUT2D eigenvalue weighted by atomic mass is 9.81. The van der Waals surface area contributed by atoms with Crippen molar-refractivity contribution in [2.75, 3.05) is 6.61 Å². The molecule has 0 bridgehead atoms. The van der Waals surface area contributed by atoms with Gasteiger partial charge in [-0.2, -0.15) is 0 Å². The summed E-state index contributed by atoms with van der Waals surface area (Å²) in [6.45, 7) is 1.01. The average Bonchev–Trinajstić information content (AvgIpc) is 2.87. The van der Waals surface area contributed by atoms with Crippen molar-refractivity contribution in [3.8, 4) is 0 Å². The summed E-state index contributed by atoms with van der Waals surface area (Å²) in [4.78, 5) is 0. The SMILES string of the molecule is C1CCC(NC2CCCC3OCCC23)C1. The zero-order valence-corrected chi connectivity index (χ0v) is 9.58. The van der Waals surface area contributed by atoms with Gasteiger partial charge in [0.25, 0.3) is 0 Å². The Morgan fingerprint density at radius 3 is 2.60 bits per heavy atom. The normalized spacial score (nSPS) is 42.0. The van der Waals surface area contributed by atoms with Crippen LogP contribution >= 0.6 is 0 Å². The third-order valence-electron chi connectivity index (χ3n) is 4.59. The van der Waals surface area contributed by atoms with Crippen LogP contribution in [0.2, 0.25) is 0 Å². The fourth-order valence-electron chi connectivity index (χ4n) is 3.78. The molecule has 0 amide bonds. The van der Waals surface area contributed by atoms with E-state index in [0.29, 0.717) is 6.10 Å².